The molecule has 5 aromatic carbocycles. The molecule has 58 heavy (non-hydrogen) atoms. The van der Waals surface area contributed by atoms with Gasteiger partial charge in [-0.2, -0.15) is 0 Å². The molecule has 1 fully saturated rings. The molecule has 0 aromatic heterocycles. The van der Waals surface area contributed by atoms with Gasteiger partial charge in [-0.15, -0.1) is 0 Å². The number of hydrogen-bond acceptors (Lipinski definition) is 7. The molecule has 1 heterocycles. The monoisotopic (exact) mass is 776 g/mol. The zero-order chi connectivity index (χ0) is 40.0. The molecule has 0 amide bonds. The summed E-state index contributed by atoms with van der Waals surface area (Å²) in [4.78, 5) is 12.3. The van der Waals surface area contributed by atoms with Crippen LogP contribution in [0.2, 0.25) is 0 Å². The lowest BCUT2D eigenvalue weighted by Gasteiger charge is -2.46. The molecule has 298 valence electrons. The summed E-state index contributed by atoms with van der Waals surface area (Å²) >= 11 is 0. The highest BCUT2D eigenvalue weighted by Gasteiger charge is 2.49. The zero-order valence-electron chi connectivity index (χ0n) is 33.0. The van der Waals surface area contributed by atoms with E-state index in [1.54, 1.807) is 0 Å². The molecular weight excluding hydrogens is 725 g/mol. The van der Waals surface area contributed by atoms with Gasteiger partial charge in [0.2, 0.25) is 0 Å². The van der Waals surface area contributed by atoms with Crippen molar-refractivity contribution in [3.05, 3.63) is 228 Å². The second-order valence-electron chi connectivity index (χ2n) is 13.9. The van der Waals surface area contributed by atoms with E-state index in [9.17, 15) is 4.79 Å². The SMILES string of the molecule is COC(=O)Cc1cccccccccc(C2OC(COCc3ccccc3)C(OCc3ccccc3)C(OCc3ccccc3)C2OCc2ccccc2)ccc1. The van der Waals surface area contributed by atoms with Crippen molar-refractivity contribution in [2.45, 2.75) is 63.4 Å². The van der Waals surface area contributed by atoms with E-state index >= 15 is 0 Å². The fourth-order valence-electron chi connectivity index (χ4n) is 6.66. The molecule has 6 rings (SSSR count). The second-order valence-corrected chi connectivity index (χ2v) is 13.9. The predicted octanol–water partition coefficient (Wildman–Crippen LogP) is 10.1. The lowest BCUT2D eigenvalue weighted by atomic mass is 9.90. The van der Waals surface area contributed by atoms with E-state index in [0.717, 1.165) is 33.4 Å². The molecule has 0 radical (unpaired) electrons. The summed E-state index contributed by atoms with van der Waals surface area (Å²) in [6.45, 7) is 1.67. The molecule has 1 saturated heterocycles. The van der Waals surface area contributed by atoms with Gasteiger partial charge in [0, 0.05) is 0 Å². The first kappa shape index (κ1) is 41.9. The van der Waals surface area contributed by atoms with E-state index in [-0.39, 0.29) is 19.0 Å². The number of carbonyl (C=O) groups is 1. The van der Waals surface area contributed by atoms with Crippen LogP contribution in [0.5, 0.6) is 0 Å². The van der Waals surface area contributed by atoms with Gasteiger partial charge in [0.05, 0.1) is 46.6 Å². The van der Waals surface area contributed by atoms with E-state index in [2.05, 4.69) is 24.3 Å². The predicted molar refractivity (Wildman–Crippen MR) is 226 cm³/mol. The summed E-state index contributed by atoms with van der Waals surface area (Å²) in [5.41, 5.74) is 5.78. The zero-order valence-corrected chi connectivity index (χ0v) is 33.0. The van der Waals surface area contributed by atoms with Gasteiger partial charge in [-0.3, -0.25) is 4.79 Å². The number of benzene rings is 4. The average molecular weight is 777 g/mol. The minimum Gasteiger partial charge on any atom is -0.469 e. The Bertz CT molecular complexity index is 2060. The van der Waals surface area contributed by atoms with E-state index in [0.29, 0.717) is 26.4 Å². The minimum atomic E-state index is -0.616. The Hall–Kier alpha value is -5.67. The maximum atomic E-state index is 12.3. The van der Waals surface area contributed by atoms with Crippen LogP contribution in [0.4, 0.5) is 0 Å². The normalized spacial score (nSPS) is 18.6. The molecule has 5 atom stereocenters. The third-order valence-electron chi connectivity index (χ3n) is 9.65. The third-order valence-corrected chi connectivity index (χ3v) is 9.65. The van der Waals surface area contributed by atoms with E-state index in [4.69, 9.17) is 28.4 Å². The van der Waals surface area contributed by atoms with Gasteiger partial charge < -0.3 is 28.4 Å². The van der Waals surface area contributed by atoms with Gasteiger partial charge in [-0.05, 0) is 33.4 Å². The second kappa shape index (κ2) is 23.5. The summed E-state index contributed by atoms with van der Waals surface area (Å²) in [5.74, 6) is -0.323. The maximum absolute atomic E-state index is 12.3. The smallest absolute Gasteiger partial charge is 0.309 e. The van der Waals surface area contributed by atoms with E-state index in [1.165, 1.54) is 7.11 Å². The highest BCUT2D eigenvalue weighted by Crippen LogP contribution is 2.38. The quantitative estimate of drug-likeness (QED) is 0.0925. The van der Waals surface area contributed by atoms with Crippen LogP contribution in [0.3, 0.4) is 0 Å². The highest BCUT2D eigenvalue weighted by atomic mass is 16.6. The minimum absolute atomic E-state index is 0.124. The van der Waals surface area contributed by atoms with Crippen LogP contribution < -0.4 is 0 Å². The first-order valence-corrected chi connectivity index (χ1v) is 19.7. The summed E-state index contributed by atoms with van der Waals surface area (Å²) in [6, 6.07) is 63.9. The summed E-state index contributed by atoms with van der Waals surface area (Å²) in [7, 11) is 1.40. The Morgan fingerprint density at radius 2 is 0.828 bits per heavy atom. The van der Waals surface area contributed by atoms with Crippen molar-refractivity contribution in [1.82, 2.24) is 0 Å². The number of hydrogen-bond donors (Lipinski definition) is 0. The first-order chi connectivity index (χ1) is 28.7. The van der Waals surface area contributed by atoms with Crippen molar-refractivity contribution in [3.63, 3.8) is 0 Å². The van der Waals surface area contributed by atoms with Gasteiger partial charge in [0.1, 0.15) is 30.5 Å². The fourth-order valence-corrected chi connectivity index (χ4v) is 6.66. The van der Waals surface area contributed by atoms with E-state index < -0.39 is 30.5 Å². The Kier molecular flexibility index (Phi) is 17.0. The van der Waals surface area contributed by atoms with Gasteiger partial charge in [0.15, 0.2) is 0 Å². The van der Waals surface area contributed by atoms with Crippen molar-refractivity contribution in [3.8, 4) is 0 Å². The van der Waals surface area contributed by atoms with Crippen molar-refractivity contribution in [2.24, 2.45) is 0 Å². The number of methoxy groups -OCH3 is 1. The molecule has 0 bridgehead atoms. The fraction of sp³-hybridized carbons (Fsp3) is 0.235. The number of ether oxygens (including phenoxy) is 6. The Labute approximate surface area is 342 Å². The maximum Gasteiger partial charge on any atom is 0.309 e. The summed E-state index contributed by atoms with van der Waals surface area (Å²) < 4.78 is 39.4. The topological polar surface area (TPSA) is 72.5 Å². The van der Waals surface area contributed by atoms with Crippen LogP contribution in [0.1, 0.15) is 39.5 Å². The van der Waals surface area contributed by atoms with E-state index in [1.807, 2.05) is 170 Å². The lowest BCUT2D eigenvalue weighted by molar-refractivity contribution is -0.275. The van der Waals surface area contributed by atoms with Gasteiger partial charge in [-0.1, -0.05) is 194 Å². The van der Waals surface area contributed by atoms with Gasteiger partial charge in [0.25, 0.3) is 0 Å². The van der Waals surface area contributed by atoms with Gasteiger partial charge in [-0.25, -0.2) is 0 Å². The van der Waals surface area contributed by atoms with Crippen LogP contribution in [-0.2, 0) is 66.1 Å². The third kappa shape index (κ3) is 13.5. The van der Waals surface area contributed by atoms with Crippen molar-refractivity contribution >= 4 is 5.97 Å². The molecule has 7 nitrogen and oxygen atoms in total. The van der Waals surface area contributed by atoms with Crippen LogP contribution in [0.25, 0.3) is 0 Å². The lowest BCUT2D eigenvalue weighted by Crippen LogP contribution is -2.58. The number of rotatable bonds is 16. The molecule has 1 aliphatic heterocycles. The highest BCUT2D eigenvalue weighted by molar-refractivity contribution is 5.72. The Morgan fingerprint density at radius 3 is 1.34 bits per heavy atom. The first-order valence-electron chi connectivity index (χ1n) is 19.7. The molecule has 0 aliphatic carbocycles. The van der Waals surface area contributed by atoms with Crippen LogP contribution in [-0.4, -0.2) is 44.1 Å². The average Bonchev–Trinajstić information content (AvgIpc) is 3.27. The van der Waals surface area contributed by atoms with Crippen LogP contribution in [0.15, 0.2) is 194 Å². The van der Waals surface area contributed by atoms with Crippen molar-refractivity contribution in [2.75, 3.05) is 13.7 Å². The molecule has 7 heteroatoms. The van der Waals surface area contributed by atoms with Crippen molar-refractivity contribution in [1.29, 1.82) is 0 Å². The van der Waals surface area contributed by atoms with Crippen LogP contribution >= 0.6 is 0 Å². The molecule has 5 aromatic rings. The van der Waals surface area contributed by atoms with Crippen LogP contribution in [0, 0.1) is 0 Å². The number of carbonyl (C=O) groups excluding carboxylic acids is 1. The largest absolute Gasteiger partial charge is 0.469 e. The molecule has 0 N–H and O–H groups in total. The van der Waals surface area contributed by atoms with Crippen molar-refractivity contribution < 1.29 is 33.2 Å². The standard InChI is InChI=1S/C51H52O7/c1-53-47(52)34-40-22-11-5-3-2-4-6-20-32-45(33-21-31-40)48-50(56-37-43-27-16-9-17-28-43)51(57-38-44-29-18-10-19-30-44)49(55-36-42-25-14-8-15-26-42)46(58-48)39-54-35-41-23-12-7-13-24-41/h2-33,46,48-51H,34-39H2,1H3. The molecule has 5 unspecified atom stereocenters. The molecule has 1 aliphatic rings. The van der Waals surface area contributed by atoms with Gasteiger partial charge >= 0.3 is 5.97 Å². The Balaban J connectivity index is 1.45. The Morgan fingerprint density at radius 1 is 0.448 bits per heavy atom. The summed E-state index contributed by atoms with van der Waals surface area (Å²) in [6.07, 6.45) is -2.80. The summed E-state index contributed by atoms with van der Waals surface area (Å²) in [5, 5.41) is 0. The number of esters is 1. The molecule has 0 spiro atoms. The molecule has 0 saturated carbocycles. The molecular formula is C51H52O7.